The minimum Gasteiger partial charge on any atom is -0.313 e. The highest BCUT2D eigenvalue weighted by molar-refractivity contribution is 7.99. The smallest absolute Gasteiger partial charge is 0.0192 e. The Hall–Kier alpha value is -0.470. The molecule has 0 heterocycles. The zero-order chi connectivity index (χ0) is 14.5. The van der Waals surface area contributed by atoms with Crippen molar-refractivity contribution in [2.45, 2.75) is 62.7 Å². The summed E-state index contributed by atoms with van der Waals surface area (Å²) in [5.41, 5.74) is 1.55. The van der Waals surface area contributed by atoms with Crippen molar-refractivity contribution in [1.82, 2.24) is 5.32 Å². The molecule has 1 nitrogen and oxygen atoms in total. The molecule has 3 atom stereocenters. The van der Waals surface area contributed by atoms with Crippen LogP contribution in [0.1, 0.15) is 56.9 Å². The summed E-state index contributed by atoms with van der Waals surface area (Å²) in [6, 6.07) is 11.8. The van der Waals surface area contributed by atoms with E-state index >= 15 is 0 Å². The molecule has 3 unspecified atom stereocenters. The molecule has 0 aromatic heterocycles. The van der Waals surface area contributed by atoms with Gasteiger partial charge in [0.05, 0.1) is 0 Å². The van der Waals surface area contributed by atoms with Crippen LogP contribution in [0.3, 0.4) is 0 Å². The fraction of sp³-hybridized carbons (Fsp3) is 0.684. The minimum atomic E-state index is 0.715. The molecule has 1 aromatic carbocycles. The fourth-order valence-corrected chi connectivity index (χ4v) is 5.32. The summed E-state index contributed by atoms with van der Waals surface area (Å²) in [6.07, 6.45) is 8.67. The molecule has 2 saturated carbocycles. The molecular formula is C19H29NS. The van der Waals surface area contributed by atoms with E-state index in [1.165, 1.54) is 44.3 Å². The van der Waals surface area contributed by atoms with Gasteiger partial charge in [0.25, 0.3) is 0 Å². The van der Waals surface area contributed by atoms with Gasteiger partial charge in [0.15, 0.2) is 0 Å². The zero-order valence-electron chi connectivity index (χ0n) is 13.3. The van der Waals surface area contributed by atoms with Crippen LogP contribution in [0.15, 0.2) is 30.3 Å². The first-order valence-electron chi connectivity index (χ1n) is 8.78. The van der Waals surface area contributed by atoms with Crippen molar-refractivity contribution in [3.05, 3.63) is 35.9 Å². The van der Waals surface area contributed by atoms with Crippen molar-refractivity contribution < 1.29 is 0 Å². The molecule has 2 heteroatoms. The summed E-state index contributed by atoms with van der Waals surface area (Å²) in [5, 5.41) is 4.70. The predicted molar refractivity (Wildman–Crippen MR) is 94.1 cm³/mol. The van der Waals surface area contributed by atoms with Gasteiger partial charge in [-0.15, -0.1) is 0 Å². The van der Waals surface area contributed by atoms with E-state index in [-0.39, 0.29) is 0 Å². The van der Waals surface area contributed by atoms with Gasteiger partial charge in [-0.25, -0.2) is 0 Å². The van der Waals surface area contributed by atoms with Gasteiger partial charge < -0.3 is 5.32 Å². The lowest BCUT2D eigenvalue weighted by Gasteiger charge is -2.24. The number of hydrogen-bond acceptors (Lipinski definition) is 2. The first kappa shape index (κ1) is 15.4. The van der Waals surface area contributed by atoms with Crippen LogP contribution in [0.2, 0.25) is 0 Å². The van der Waals surface area contributed by atoms with Gasteiger partial charge in [0.2, 0.25) is 0 Å². The molecule has 0 amide bonds. The molecule has 21 heavy (non-hydrogen) atoms. The average molecular weight is 304 g/mol. The second-order valence-electron chi connectivity index (χ2n) is 6.67. The Bertz CT molecular complexity index is 413. The Morgan fingerprint density at radius 1 is 1.14 bits per heavy atom. The second kappa shape index (κ2) is 7.69. The Kier molecular flexibility index (Phi) is 5.65. The molecule has 3 rings (SSSR count). The molecule has 2 aliphatic rings. The number of benzene rings is 1. The molecule has 116 valence electrons. The molecule has 0 bridgehead atoms. The molecule has 2 fully saturated rings. The van der Waals surface area contributed by atoms with Gasteiger partial charge in [0.1, 0.15) is 0 Å². The summed E-state index contributed by atoms with van der Waals surface area (Å²) < 4.78 is 0. The van der Waals surface area contributed by atoms with Gasteiger partial charge in [-0.2, -0.15) is 11.8 Å². The third-order valence-electron chi connectivity index (χ3n) is 5.11. The van der Waals surface area contributed by atoms with E-state index < -0.39 is 0 Å². The molecule has 2 aliphatic carbocycles. The number of nitrogens with one attached hydrogen (secondary N) is 1. The first-order chi connectivity index (χ1) is 10.4. The van der Waals surface area contributed by atoms with Crippen LogP contribution in [0, 0.1) is 5.92 Å². The lowest BCUT2D eigenvalue weighted by atomic mass is 10.0. The third kappa shape index (κ3) is 4.26. The van der Waals surface area contributed by atoms with Crippen molar-refractivity contribution in [2.75, 3.05) is 12.3 Å². The highest BCUT2D eigenvalue weighted by Crippen LogP contribution is 2.50. The monoisotopic (exact) mass is 303 g/mol. The first-order valence-corrected chi connectivity index (χ1v) is 9.83. The standard InChI is InChI=1S/C19H29NS/c1-2-20-19(14-21-16-11-7-4-8-12-16)18-13-17(18)15-9-5-3-6-10-15/h3,5-6,9-10,16-20H,2,4,7-8,11-14H2,1H3. The summed E-state index contributed by atoms with van der Waals surface area (Å²) in [5.74, 6) is 2.98. The highest BCUT2D eigenvalue weighted by Gasteiger charge is 2.43. The Morgan fingerprint density at radius 3 is 2.62 bits per heavy atom. The van der Waals surface area contributed by atoms with Crippen molar-refractivity contribution in [3.63, 3.8) is 0 Å². The van der Waals surface area contributed by atoms with E-state index in [2.05, 4.69) is 54.3 Å². The Morgan fingerprint density at radius 2 is 1.90 bits per heavy atom. The van der Waals surface area contributed by atoms with Gasteiger partial charge in [-0.05, 0) is 43.2 Å². The van der Waals surface area contributed by atoms with E-state index in [0.29, 0.717) is 6.04 Å². The molecule has 0 radical (unpaired) electrons. The van der Waals surface area contributed by atoms with Gasteiger partial charge in [-0.3, -0.25) is 0 Å². The molecule has 0 saturated heterocycles. The lowest BCUT2D eigenvalue weighted by molar-refractivity contribution is 0.499. The van der Waals surface area contributed by atoms with Crippen molar-refractivity contribution >= 4 is 11.8 Å². The van der Waals surface area contributed by atoms with Crippen LogP contribution >= 0.6 is 11.8 Å². The van der Waals surface area contributed by atoms with Crippen LogP contribution in [-0.4, -0.2) is 23.6 Å². The van der Waals surface area contributed by atoms with E-state index in [1.54, 1.807) is 5.56 Å². The van der Waals surface area contributed by atoms with Crippen LogP contribution in [0.4, 0.5) is 0 Å². The molecule has 1 N–H and O–H groups in total. The Balaban J connectivity index is 1.50. The van der Waals surface area contributed by atoms with Crippen molar-refractivity contribution in [2.24, 2.45) is 5.92 Å². The van der Waals surface area contributed by atoms with Crippen LogP contribution in [0.5, 0.6) is 0 Å². The molecule has 1 aromatic rings. The highest BCUT2D eigenvalue weighted by atomic mass is 32.2. The van der Waals surface area contributed by atoms with E-state index in [0.717, 1.165) is 23.6 Å². The largest absolute Gasteiger partial charge is 0.313 e. The summed E-state index contributed by atoms with van der Waals surface area (Å²) in [4.78, 5) is 0. The zero-order valence-corrected chi connectivity index (χ0v) is 14.1. The Labute approximate surface area is 134 Å². The second-order valence-corrected chi connectivity index (χ2v) is 8.01. The SMILES string of the molecule is CCNC(CSC1CCCCC1)C1CC1c1ccccc1. The molecule has 0 spiro atoms. The third-order valence-corrected chi connectivity index (χ3v) is 6.61. The van der Waals surface area contributed by atoms with Gasteiger partial charge >= 0.3 is 0 Å². The fourth-order valence-electron chi connectivity index (χ4n) is 3.81. The topological polar surface area (TPSA) is 12.0 Å². The quantitative estimate of drug-likeness (QED) is 0.774. The van der Waals surface area contributed by atoms with Crippen molar-refractivity contribution in [1.29, 1.82) is 0 Å². The van der Waals surface area contributed by atoms with Gasteiger partial charge in [-0.1, -0.05) is 56.5 Å². The van der Waals surface area contributed by atoms with Crippen LogP contribution in [-0.2, 0) is 0 Å². The maximum absolute atomic E-state index is 3.76. The minimum absolute atomic E-state index is 0.715. The van der Waals surface area contributed by atoms with Crippen LogP contribution in [0.25, 0.3) is 0 Å². The summed E-state index contributed by atoms with van der Waals surface area (Å²) in [6.45, 7) is 3.35. The molecule has 0 aliphatic heterocycles. The van der Waals surface area contributed by atoms with E-state index in [1.807, 2.05) is 0 Å². The average Bonchev–Trinajstić information content (AvgIpc) is 3.34. The van der Waals surface area contributed by atoms with Crippen LogP contribution < -0.4 is 5.32 Å². The molecular weight excluding hydrogens is 274 g/mol. The number of rotatable bonds is 7. The maximum Gasteiger partial charge on any atom is 0.0192 e. The normalized spacial score (nSPS) is 27.5. The lowest BCUT2D eigenvalue weighted by Crippen LogP contribution is -2.34. The maximum atomic E-state index is 3.76. The van der Waals surface area contributed by atoms with Gasteiger partial charge in [0, 0.05) is 17.0 Å². The van der Waals surface area contributed by atoms with E-state index in [4.69, 9.17) is 0 Å². The number of hydrogen-bond donors (Lipinski definition) is 1. The predicted octanol–water partition coefficient (Wildman–Crippen LogP) is 4.83. The van der Waals surface area contributed by atoms with Crippen molar-refractivity contribution in [3.8, 4) is 0 Å². The summed E-state index contributed by atoms with van der Waals surface area (Å²) in [7, 11) is 0. The van der Waals surface area contributed by atoms with E-state index in [9.17, 15) is 0 Å². The summed E-state index contributed by atoms with van der Waals surface area (Å²) >= 11 is 2.25. The number of thioether (sulfide) groups is 1.